The lowest BCUT2D eigenvalue weighted by molar-refractivity contribution is -0.144. The van der Waals surface area contributed by atoms with Crippen LogP contribution in [-0.4, -0.2) is 61.6 Å². The summed E-state index contributed by atoms with van der Waals surface area (Å²) in [5, 5.41) is 0. The summed E-state index contributed by atoms with van der Waals surface area (Å²) in [6.45, 7) is 14.3. The summed E-state index contributed by atoms with van der Waals surface area (Å²) in [5.74, 6) is -0.0959. The van der Waals surface area contributed by atoms with Gasteiger partial charge in [-0.2, -0.15) is 0 Å². The fraction of sp³-hybridized carbons (Fsp3) is 0.923. The Morgan fingerprint density at radius 3 is 2.06 bits per heavy atom. The number of nitrogens with zero attached hydrogens (tertiary/aromatic N) is 2. The standard InChI is InChI=1S/C11H22N2O2.C2H6/c1-3-5-12-6-8-13(9-7-12)10-11(14)15-4-2;1-2/h3-10H2,1-2H3;1-2H3. The van der Waals surface area contributed by atoms with Crippen molar-refractivity contribution in [3.63, 3.8) is 0 Å². The molecule has 4 heteroatoms. The van der Waals surface area contributed by atoms with E-state index in [1.54, 1.807) is 0 Å². The number of hydrogen-bond donors (Lipinski definition) is 0. The van der Waals surface area contributed by atoms with Gasteiger partial charge in [-0.1, -0.05) is 20.8 Å². The van der Waals surface area contributed by atoms with Crippen molar-refractivity contribution in [2.24, 2.45) is 0 Å². The third kappa shape index (κ3) is 7.34. The van der Waals surface area contributed by atoms with Gasteiger partial charge < -0.3 is 9.64 Å². The molecule has 4 nitrogen and oxygen atoms in total. The Balaban J connectivity index is 0.00000121. The molecule has 0 saturated carbocycles. The summed E-state index contributed by atoms with van der Waals surface area (Å²) in [6, 6.07) is 0. The zero-order valence-corrected chi connectivity index (χ0v) is 11.9. The van der Waals surface area contributed by atoms with E-state index in [0.717, 1.165) is 26.2 Å². The fourth-order valence-electron chi connectivity index (χ4n) is 1.88. The Bertz CT molecular complexity index is 190. The van der Waals surface area contributed by atoms with Gasteiger partial charge in [-0.3, -0.25) is 9.69 Å². The molecule has 0 aromatic rings. The van der Waals surface area contributed by atoms with Gasteiger partial charge in [-0.25, -0.2) is 0 Å². The van der Waals surface area contributed by atoms with Crippen LogP contribution < -0.4 is 0 Å². The van der Waals surface area contributed by atoms with Crippen LogP contribution in [0.3, 0.4) is 0 Å². The van der Waals surface area contributed by atoms with Crippen molar-refractivity contribution in [2.75, 3.05) is 45.9 Å². The molecule has 0 atom stereocenters. The van der Waals surface area contributed by atoms with Crippen molar-refractivity contribution in [2.45, 2.75) is 34.1 Å². The predicted octanol–water partition coefficient (Wildman–Crippen LogP) is 1.60. The number of carbonyl (C=O) groups excluding carboxylic acids is 1. The second kappa shape index (κ2) is 10.5. The van der Waals surface area contributed by atoms with Crippen LogP contribution in [0.2, 0.25) is 0 Å². The Morgan fingerprint density at radius 1 is 1.06 bits per heavy atom. The van der Waals surface area contributed by atoms with Crippen molar-refractivity contribution < 1.29 is 9.53 Å². The topological polar surface area (TPSA) is 32.8 Å². The van der Waals surface area contributed by atoms with E-state index in [9.17, 15) is 4.79 Å². The van der Waals surface area contributed by atoms with Gasteiger partial charge in [-0.05, 0) is 19.9 Å². The number of esters is 1. The molecule has 0 aromatic carbocycles. The van der Waals surface area contributed by atoms with E-state index < -0.39 is 0 Å². The van der Waals surface area contributed by atoms with Crippen LogP contribution in [0.25, 0.3) is 0 Å². The van der Waals surface area contributed by atoms with Gasteiger partial charge in [0, 0.05) is 26.2 Å². The van der Waals surface area contributed by atoms with Crippen LogP contribution in [0.5, 0.6) is 0 Å². The number of hydrogen-bond acceptors (Lipinski definition) is 4. The first-order valence-electron chi connectivity index (χ1n) is 6.86. The Morgan fingerprint density at radius 2 is 1.59 bits per heavy atom. The van der Waals surface area contributed by atoms with Crippen molar-refractivity contribution in [1.82, 2.24) is 9.80 Å². The van der Waals surface area contributed by atoms with Crippen LogP contribution in [0.4, 0.5) is 0 Å². The molecule has 17 heavy (non-hydrogen) atoms. The van der Waals surface area contributed by atoms with E-state index in [-0.39, 0.29) is 5.97 Å². The second-order valence-electron chi connectivity index (χ2n) is 3.92. The Hall–Kier alpha value is -0.610. The molecule has 0 unspecified atom stereocenters. The molecule has 1 saturated heterocycles. The molecule has 102 valence electrons. The SMILES string of the molecule is CC.CCCN1CCN(CC(=O)OCC)CC1. The zero-order chi connectivity index (χ0) is 13.1. The first-order valence-corrected chi connectivity index (χ1v) is 6.86. The molecule has 0 spiro atoms. The normalized spacial score (nSPS) is 17.2. The minimum absolute atomic E-state index is 0.0959. The Kier molecular flexibility index (Phi) is 10.2. The van der Waals surface area contributed by atoms with Gasteiger partial charge in [0.05, 0.1) is 13.2 Å². The maximum Gasteiger partial charge on any atom is 0.320 e. The summed E-state index contributed by atoms with van der Waals surface area (Å²) in [7, 11) is 0. The van der Waals surface area contributed by atoms with Gasteiger partial charge in [0.1, 0.15) is 0 Å². The van der Waals surface area contributed by atoms with Crippen LogP contribution in [0.15, 0.2) is 0 Å². The zero-order valence-electron chi connectivity index (χ0n) is 11.9. The third-order valence-corrected chi connectivity index (χ3v) is 2.66. The van der Waals surface area contributed by atoms with Gasteiger partial charge in [0.25, 0.3) is 0 Å². The smallest absolute Gasteiger partial charge is 0.320 e. The summed E-state index contributed by atoms with van der Waals surface area (Å²) >= 11 is 0. The van der Waals surface area contributed by atoms with Crippen molar-refractivity contribution in [1.29, 1.82) is 0 Å². The highest BCUT2D eigenvalue weighted by Gasteiger charge is 2.18. The van der Waals surface area contributed by atoms with Gasteiger partial charge in [0.15, 0.2) is 0 Å². The average molecular weight is 244 g/mol. The minimum atomic E-state index is -0.0959. The summed E-state index contributed by atoms with van der Waals surface area (Å²) in [6.07, 6.45) is 1.21. The van der Waals surface area contributed by atoms with E-state index in [1.807, 2.05) is 20.8 Å². The molecular formula is C13H28N2O2. The molecule has 0 bridgehead atoms. The molecule has 0 aromatic heterocycles. The van der Waals surface area contributed by atoms with Crippen LogP contribution in [0.1, 0.15) is 34.1 Å². The lowest BCUT2D eigenvalue weighted by Crippen LogP contribution is -2.48. The lowest BCUT2D eigenvalue weighted by atomic mass is 10.3. The molecule has 0 N–H and O–H groups in total. The monoisotopic (exact) mass is 244 g/mol. The Labute approximate surface area is 106 Å². The molecule has 1 heterocycles. The summed E-state index contributed by atoms with van der Waals surface area (Å²) in [4.78, 5) is 15.9. The van der Waals surface area contributed by atoms with Gasteiger partial charge in [0.2, 0.25) is 0 Å². The van der Waals surface area contributed by atoms with E-state index >= 15 is 0 Å². The number of carbonyl (C=O) groups is 1. The number of rotatable bonds is 5. The molecule has 1 rings (SSSR count). The largest absolute Gasteiger partial charge is 0.465 e. The van der Waals surface area contributed by atoms with Crippen LogP contribution in [-0.2, 0) is 9.53 Å². The highest BCUT2D eigenvalue weighted by molar-refractivity contribution is 5.71. The van der Waals surface area contributed by atoms with E-state index in [0.29, 0.717) is 13.2 Å². The molecule has 0 aliphatic carbocycles. The average Bonchev–Trinajstić information content (AvgIpc) is 2.35. The molecule has 1 aliphatic rings. The molecule has 0 amide bonds. The first-order chi connectivity index (χ1) is 8.26. The van der Waals surface area contributed by atoms with Crippen molar-refractivity contribution >= 4 is 5.97 Å². The lowest BCUT2D eigenvalue weighted by Gasteiger charge is -2.33. The maximum atomic E-state index is 11.2. The van der Waals surface area contributed by atoms with E-state index in [4.69, 9.17) is 4.74 Å². The minimum Gasteiger partial charge on any atom is -0.465 e. The fourth-order valence-corrected chi connectivity index (χ4v) is 1.88. The summed E-state index contributed by atoms with van der Waals surface area (Å²) < 4.78 is 4.92. The van der Waals surface area contributed by atoms with Gasteiger partial charge >= 0.3 is 5.97 Å². The van der Waals surface area contributed by atoms with Crippen LogP contribution >= 0.6 is 0 Å². The molecule has 1 aliphatic heterocycles. The molecular weight excluding hydrogens is 216 g/mol. The predicted molar refractivity (Wildman–Crippen MR) is 71.2 cm³/mol. The van der Waals surface area contributed by atoms with Crippen molar-refractivity contribution in [3.8, 4) is 0 Å². The van der Waals surface area contributed by atoms with E-state index in [1.165, 1.54) is 13.0 Å². The molecule has 0 radical (unpaired) electrons. The van der Waals surface area contributed by atoms with Gasteiger partial charge in [-0.15, -0.1) is 0 Å². The highest BCUT2D eigenvalue weighted by atomic mass is 16.5. The number of piperazine rings is 1. The van der Waals surface area contributed by atoms with Crippen LogP contribution in [0, 0.1) is 0 Å². The summed E-state index contributed by atoms with van der Waals surface area (Å²) in [5.41, 5.74) is 0. The quantitative estimate of drug-likeness (QED) is 0.688. The first kappa shape index (κ1) is 16.4. The highest BCUT2D eigenvalue weighted by Crippen LogP contribution is 2.02. The van der Waals surface area contributed by atoms with E-state index in [2.05, 4.69) is 16.7 Å². The third-order valence-electron chi connectivity index (χ3n) is 2.66. The second-order valence-corrected chi connectivity index (χ2v) is 3.92. The van der Waals surface area contributed by atoms with Crippen molar-refractivity contribution in [3.05, 3.63) is 0 Å². The number of ether oxygens (including phenoxy) is 1. The molecule has 1 fully saturated rings. The maximum absolute atomic E-state index is 11.2.